The Bertz CT molecular complexity index is 468. The zero-order valence-electron chi connectivity index (χ0n) is 14.0. The fourth-order valence-electron chi connectivity index (χ4n) is 2.22. The molecule has 0 aliphatic carbocycles. The Labute approximate surface area is 139 Å². The van der Waals surface area contributed by atoms with Crippen LogP contribution in [0.5, 0.6) is 0 Å². The highest BCUT2D eigenvalue weighted by Gasteiger charge is 2.04. The smallest absolute Gasteiger partial charge is 0.174 e. The van der Waals surface area contributed by atoms with Gasteiger partial charge in [-0.2, -0.15) is 0 Å². The van der Waals surface area contributed by atoms with Gasteiger partial charge in [0.2, 0.25) is 0 Å². The number of unbranched alkanes of at least 4 members (excludes halogenated alkanes) is 5. The fraction of sp³-hybridized carbons (Fsp3) is 0.526. The van der Waals surface area contributed by atoms with Crippen molar-refractivity contribution in [2.75, 3.05) is 12.3 Å². The molecule has 1 aromatic carbocycles. The molecule has 0 fully saturated rings. The maximum atomic E-state index is 11.9. The number of ether oxygens (including phenoxy) is 1. The average molecular weight is 319 g/mol. The van der Waals surface area contributed by atoms with Gasteiger partial charge in [0.1, 0.15) is 0 Å². The summed E-state index contributed by atoms with van der Waals surface area (Å²) in [6.07, 6.45) is 9.57. The Hall–Kier alpha value is -1.65. The zero-order valence-corrected chi connectivity index (χ0v) is 14.0. The van der Waals surface area contributed by atoms with Crippen molar-refractivity contribution >= 4 is 11.5 Å². The standard InChI is InChI=1S/C19H29NO3/c1-2-3-4-5-6-7-15-23-19(22)10-8-9-18(21)16-11-13-17(20)14-12-16/h8,10-14,19,22H,2-7,9,15,20H2,1H3. The van der Waals surface area contributed by atoms with Crippen molar-refractivity contribution in [2.45, 2.75) is 58.2 Å². The van der Waals surface area contributed by atoms with Crippen molar-refractivity contribution in [2.24, 2.45) is 0 Å². The molecule has 0 aliphatic heterocycles. The molecule has 0 heterocycles. The fourth-order valence-corrected chi connectivity index (χ4v) is 2.22. The predicted octanol–water partition coefficient (Wildman–Crippen LogP) is 4.09. The van der Waals surface area contributed by atoms with Gasteiger partial charge in [-0.25, -0.2) is 0 Å². The van der Waals surface area contributed by atoms with E-state index in [4.69, 9.17) is 10.5 Å². The number of rotatable bonds is 12. The maximum absolute atomic E-state index is 11.9. The van der Waals surface area contributed by atoms with Gasteiger partial charge in [-0.15, -0.1) is 0 Å². The first-order chi connectivity index (χ1) is 11.1. The number of aliphatic hydroxyl groups is 1. The van der Waals surface area contributed by atoms with Gasteiger partial charge >= 0.3 is 0 Å². The predicted molar refractivity (Wildman–Crippen MR) is 94.3 cm³/mol. The second kappa shape index (κ2) is 11.9. The summed E-state index contributed by atoms with van der Waals surface area (Å²) in [5.74, 6) is -0.00984. The van der Waals surface area contributed by atoms with Crippen LogP contribution in [0, 0.1) is 0 Å². The van der Waals surface area contributed by atoms with Crippen LogP contribution in [-0.2, 0) is 4.74 Å². The molecular weight excluding hydrogens is 290 g/mol. The van der Waals surface area contributed by atoms with E-state index in [0.717, 1.165) is 12.8 Å². The monoisotopic (exact) mass is 319 g/mol. The van der Waals surface area contributed by atoms with E-state index < -0.39 is 6.29 Å². The topological polar surface area (TPSA) is 72.5 Å². The van der Waals surface area contributed by atoms with Gasteiger partial charge in [0.05, 0.1) is 6.61 Å². The largest absolute Gasteiger partial charge is 0.399 e. The summed E-state index contributed by atoms with van der Waals surface area (Å²) in [5, 5.41) is 9.67. The number of hydrogen-bond donors (Lipinski definition) is 2. The lowest BCUT2D eigenvalue weighted by molar-refractivity contribution is -0.0652. The summed E-state index contributed by atoms with van der Waals surface area (Å²) in [6.45, 7) is 2.74. The van der Waals surface area contributed by atoms with E-state index >= 15 is 0 Å². The van der Waals surface area contributed by atoms with Crippen molar-refractivity contribution in [3.8, 4) is 0 Å². The van der Waals surface area contributed by atoms with Crippen molar-refractivity contribution < 1.29 is 14.6 Å². The minimum absolute atomic E-state index is 0.00984. The number of hydrogen-bond acceptors (Lipinski definition) is 4. The number of aliphatic hydroxyl groups excluding tert-OH is 1. The first kappa shape index (κ1) is 19.4. The number of nitrogen functional groups attached to an aromatic ring is 1. The molecule has 0 saturated heterocycles. The molecular formula is C19H29NO3. The summed E-state index contributed by atoms with van der Waals surface area (Å²) >= 11 is 0. The lowest BCUT2D eigenvalue weighted by Gasteiger charge is -2.07. The molecule has 1 rings (SSSR count). The SMILES string of the molecule is CCCCCCCCOC(O)C=CCC(=O)c1ccc(N)cc1. The third kappa shape index (κ3) is 9.16. The third-order valence-electron chi connectivity index (χ3n) is 3.62. The third-order valence-corrected chi connectivity index (χ3v) is 3.62. The molecule has 3 N–H and O–H groups in total. The average Bonchev–Trinajstić information content (AvgIpc) is 2.54. The molecule has 0 aromatic heterocycles. The van der Waals surface area contributed by atoms with Crippen LogP contribution in [0.2, 0.25) is 0 Å². The van der Waals surface area contributed by atoms with Crippen LogP contribution >= 0.6 is 0 Å². The van der Waals surface area contributed by atoms with Gasteiger partial charge in [-0.1, -0.05) is 45.1 Å². The number of carbonyl (C=O) groups is 1. The van der Waals surface area contributed by atoms with Gasteiger partial charge in [0.15, 0.2) is 12.1 Å². The van der Waals surface area contributed by atoms with Crippen LogP contribution in [0.1, 0.15) is 62.2 Å². The van der Waals surface area contributed by atoms with E-state index in [0.29, 0.717) is 17.9 Å². The van der Waals surface area contributed by atoms with E-state index in [1.807, 2.05) is 0 Å². The van der Waals surface area contributed by atoms with Gasteiger partial charge in [0, 0.05) is 17.7 Å². The van der Waals surface area contributed by atoms with Crippen molar-refractivity contribution in [1.82, 2.24) is 0 Å². The molecule has 0 bridgehead atoms. The minimum Gasteiger partial charge on any atom is -0.399 e. The van der Waals surface area contributed by atoms with Crippen molar-refractivity contribution in [3.05, 3.63) is 42.0 Å². The molecule has 128 valence electrons. The highest BCUT2D eigenvalue weighted by atomic mass is 16.6. The normalized spacial score (nSPS) is 12.6. The Kier molecular flexibility index (Phi) is 10.00. The number of anilines is 1. The van der Waals surface area contributed by atoms with E-state index in [-0.39, 0.29) is 12.2 Å². The van der Waals surface area contributed by atoms with Crippen LogP contribution in [0.15, 0.2) is 36.4 Å². The first-order valence-electron chi connectivity index (χ1n) is 8.48. The van der Waals surface area contributed by atoms with Crippen LogP contribution in [0.25, 0.3) is 0 Å². The van der Waals surface area contributed by atoms with E-state index in [2.05, 4.69) is 6.92 Å². The second-order valence-corrected chi connectivity index (χ2v) is 5.71. The van der Waals surface area contributed by atoms with Crippen LogP contribution < -0.4 is 5.73 Å². The summed E-state index contributed by atoms with van der Waals surface area (Å²) in [6, 6.07) is 6.82. The van der Waals surface area contributed by atoms with Gasteiger partial charge in [-0.05, 0) is 36.8 Å². The van der Waals surface area contributed by atoms with E-state index in [1.165, 1.54) is 31.8 Å². The summed E-state index contributed by atoms with van der Waals surface area (Å²) < 4.78 is 5.29. The molecule has 23 heavy (non-hydrogen) atoms. The molecule has 0 saturated carbocycles. The minimum atomic E-state index is -0.940. The molecule has 0 aliphatic rings. The quantitative estimate of drug-likeness (QED) is 0.200. The number of ketones is 1. The molecule has 1 unspecified atom stereocenters. The van der Waals surface area contributed by atoms with Gasteiger partial charge in [-0.3, -0.25) is 4.79 Å². The molecule has 0 spiro atoms. The summed E-state index contributed by atoms with van der Waals surface area (Å²) in [4.78, 5) is 11.9. The number of Topliss-reactive ketones (excluding diaryl/α,β-unsaturated/α-hetero) is 1. The van der Waals surface area contributed by atoms with Gasteiger partial charge in [0.25, 0.3) is 0 Å². The van der Waals surface area contributed by atoms with Crippen molar-refractivity contribution in [3.63, 3.8) is 0 Å². The van der Waals surface area contributed by atoms with Crippen LogP contribution in [0.4, 0.5) is 5.69 Å². The molecule has 4 heteroatoms. The Balaban J connectivity index is 2.14. The first-order valence-corrected chi connectivity index (χ1v) is 8.48. The summed E-state index contributed by atoms with van der Waals surface area (Å²) in [5.41, 5.74) is 6.84. The van der Waals surface area contributed by atoms with Crippen LogP contribution in [-0.4, -0.2) is 23.8 Å². The molecule has 0 amide bonds. The number of allylic oxidation sites excluding steroid dienone is 1. The molecule has 1 aromatic rings. The van der Waals surface area contributed by atoms with Gasteiger partial charge < -0.3 is 15.6 Å². The Morgan fingerprint density at radius 3 is 2.52 bits per heavy atom. The highest BCUT2D eigenvalue weighted by Crippen LogP contribution is 2.09. The van der Waals surface area contributed by atoms with E-state index in [9.17, 15) is 9.90 Å². The number of carbonyl (C=O) groups excluding carboxylic acids is 1. The second-order valence-electron chi connectivity index (χ2n) is 5.71. The number of nitrogens with two attached hydrogens (primary N) is 1. The summed E-state index contributed by atoms with van der Waals surface area (Å²) in [7, 11) is 0. The van der Waals surface area contributed by atoms with Crippen LogP contribution in [0.3, 0.4) is 0 Å². The lowest BCUT2D eigenvalue weighted by atomic mass is 10.1. The lowest BCUT2D eigenvalue weighted by Crippen LogP contribution is -2.09. The molecule has 0 radical (unpaired) electrons. The van der Waals surface area contributed by atoms with E-state index in [1.54, 1.807) is 30.3 Å². The molecule has 4 nitrogen and oxygen atoms in total. The molecule has 1 atom stereocenters. The number of benzene rings is 1. The maximum Gasteiger partial charge on any atom is 0.174 e. The Morgan fingerprint density at radius 1 is 1.17 bits per heavy atom. The highest BCUT2D eigenvalue weighted by molar-refractivity contribution is 5.97. The van der Waals surface area contributed by atoms with Crippen molar-refractivity contribution in [1.29, 1.82) is 0 Å². The Morgan fingerprint density at radius 2 is 1.83 bits per heavy atom. The zero-order chi connectivity index (χ0) is 16.9.